The Labute approximate surface area is 111 Å². The van der Waals surface area contributed by atoms with Gasteiger partial charge < -0.3 is 9.84 Å². The lowest BCUT2D eigenvalue weighted by Gasteiger charge is -2.05. The van der Waals surface area contributed by atoms with E-state index in [1.54, 1.807) is 19.1 Å². The van der Waals surface area contributed by atoms with Gasteiger partial charge in [0.1, 0.15) is 5.82 Å². The van der Waals surface area contributed by atoms with Gasteiger partial charge in [0.05, 0.1) is 13.1 Å². The fourth-order valence-electron chi connectivity index (χ4n) is 1.49. The average Bonchev–Trinajstić information content (AvgIpc) is 2.80. The van der Waals surface area contributed by atoms with E-state index in [0.717, 1.165) is 0 Å². The van der Waals surface area contributed by atoms with Gasteiger partial charge in [-0.15, -0.1) is 0 Å². The molecule has 1 aromatic heterocycles. The maximum atomic E-state index is 13.4. The molecule has 0 aliphatic rings. The highest BCUT2D eigenvalue weighted by molar-refractivity contribution is 5.54. The van der Waals surface area contributed by atoms with Crippen molar-refractivity contribution in [1.82, 2.24) is 15.5 Å². The largest absolute Gasteiger partial charge is 0.401 e. The summed E-state index contributed by atoms with van der Waals surface area (Å²) in [7, 11) is 0. The molecule has 0 aliphatic heterocycles. The fraction of sp³-hybridized carbons (Fsp3) is 0.333. The van der Waals surface area contributed by atoms with Crippen LogP contribution in [-0.4, -0.2) is 22.9 Å². The number of benzene rings is 1. The van der Waals surface area contributed by atoms with Crippen LogP contribution in [0.2, 0.25) is 0 Å². The molecule has 0 saturated carbocycles. The zero-order chi connectivity index (χ0) is 14.8. The molecular weight excluding hydrogens is 278 g/mol. The second-order valence-corrected chi connectivity index (χ2v) is 4.19. The van der Waals surface area contributed by atoms with Crippen LogP contribution in [0, 0.1) is 12.7 Å². The van der Waals surface area contributed by atoms with Crippen molar-refractivity contribution >= 4 is 0 Å². The molecule has 0 amide bonds. The highest BCUT2D eigenvalue weighted by Crippen LogP contribution is 2.19. The molecule has 8 heteroatoms. The molecule has 0 aliphatic carbocycles. The van der Waals surface area contributed by atoms with Crippen LogP contribution in [0.15, 0.2) is 22.7 Å². The number of alkyl halides is 3. The molecular formula is C12H11F4N3O. The summed E-state index contributed by atoms with van der Waals surface area (Å²) in [5.74, 6) is -0.276. The van der Waals surface area contributed by atoms with Crippen LogP contribution < -0.4 is 5.32 Å². The van der Waals surface area contributed by atoms with Gasteiger partial charge in [-0.1, -0.05) is 17.3 Å². The first kappa shape index (κ1) is 14.4. The van der Waals surface area contributed by atoms with Crippen LogP contribution in [0.3, 0.4) is 0 Å². The third-order valence-corrected chi connectivity index (χ3v) is 2.50. The van der Waals surface area contributed by atoms with E-state index in [4.69, 9.17) is 4.52 Å². The third kappa shape index (κ3) is 3.77. The number of aryl methyl sites for hydroxylation is 1. The maximum Gasteiger partial charge on any atom is 0.401 e. The first-order valence-electron chi connectivity index (χ1n) is 5.72. The van der Waals surface area contributed by atoms with Crippen molar-refractivity contribution in [3.63, 3.8) is 0 Å². The van der Waals surface area contributed by atoms with E-state index >= 15 is 0 Å². The second kappa shape index (κ2) is 5.58. The molecule has 1 aromatic carbocycles. The third-order valence-electron chi connectivity index (χ3n) is 2.50. The fourth-order valence-corrected chi connectivity index (χ4v) is 1.49. The molecule has 0 fully saturated rings. The zero-order valence-electron chi connectivity index (χ0n) is 10.5. The van der Waals surface area contributed by atoms with Gasteiger partial charge in [0.2, 0.25) is 11.7 Å². The zero-order valence-corrected chi connectivity index (χ0v) is 10.5. The lowest BCUT2D eigenvalue weighted by atomic mass is 10.1. The quantitative estimate of drug-likeness (QED) is 0.879. The Kier molecular flexibility index (Phi) is 4.03. The molecule has 1 N–H and O–H groups in total. The van der Waals surface area contributed by atoms with Crippen LogP contribution in [0.1, 0.15) is 11.5 Å². The highest BCUT2D eigenvalue weighted by atomic mass is 19.4. The summed E-state index contributed by atoms with van der Waals surface area (Å²) >= 11 is 0. The van der Waals surface area contributed by atoms with Gasteiger partial charge in [-0.2, -0.15) is 18.2 Å². The normalized spacial score (nSPS) is 11.8. The molecule has 1 heterocycles. The molecule has 2 rings (SSSR count). The predicted octanol–water partition coefficient (Wildman–Crippen LogP) is 2.84. The van der Waals surface area contributed by atoms with Crippen molar-refractivity contribution in [2.75, 3.05) is 6.54 Å². The van der Waals surface area contributed by atoms with Gasteiger partial charge in [0, 0.05) is 5.56 Å². The van der Waals surface area contributed by atoms with Gasteiger partial charge in [0.15, 0.2) is 0 Å². The first-order valence-corrected chi connectivity index (χ1v) is 5.72. The van der Waals surface area contributed by atoms with E-state index in [1.165, 1.54) is 6.07 Å². The van der Waals surface area contributed by atoms with Crippen molar-refractivity contribution in [2.24, 2.45) is 0 Å². The van der Waals surface area contributed by atoms with E-state index in [9.17, 15) is 17.6 Å². The van der Waals surface area contributed by atoms with E-state index in [0.29, 0.717) is 11.1 Å². The van der Waals surface area contributed by atoms with Crippen LogP contribution in [0.25, 0.3) is 11.4 Å². The Balaban J connectivity index is 2.03. The molecule has 20 heavy (non-hydrogen) atoms. The lowest BCUT2D eigenvalue weighted by molar-refractivity contribution is -0.125. The van der Waals surface area contributed by atoms with E-state index in [-0.39, 0.29) is 18.3 Å². The molecule has 0 unspecified atom stereocenters. The molecule has 108 valence electrons. The predicted molar refractivity (Wildman–Crippen MR) is 62.2 cm³/mol. The highest BCUT2D eigenvalue weighted by Gasteiger charge is 2.26. The molecule has 0 spiro atoms. The van der Waals surface area contributed by atoms with Gasteiger partial charge in [0.25, 0.3) is 0 Å². The number of halogens is 4. The number of hydrogen-bond acceptors (Lipinski definition) is 4. The molecule has 2 aromatic rings. The number of nitrogens with zero attached hydrogens (tertiary/aromatic N) is 2. The molecule has 0 saturated heterocycles. The lowest BCUT2D eigenvalue weighted by Crippen LogP contribution is -2.28. The molecule has 0 bridgehead atoms. The van der Waals surface area contributed by atoms with Crippen LogP contribution in [0.4, 0.5) is 17.6 Å². The number of rotatable bonds is 4. The van der Waals surface area contributed by atoms with Crippen molar-refractivity contribution in [3.05, 3.63) is 35.5 Å². The van der Waals surface area contributed by atoms with Gasteiger partial charge >= 0.3 is 6.18 Å². The minimum atomic E-state index is -4.30. The number of aromatic nitrogens is 2. The monoisotopic (exact) mass is 289 g/mol. The number of nitrogens with one attached hydrogen (secondary N) is 1. The Morgan fingerprint density at radius 1 is 1.30 bits per heavy atom. The Morgan fingerprint density at radius 3 is 2.70 bits per heavy atom. The van der Waals surface area contributed by atoms with Crippen LogP contribution in [0.5, 0.6) is 0 Å². The molecule has 0 atom stereocenters. The SMILES string of the molecule is Cc1ccc(-c2noc(CNCC(F)(F)F)n2)cc1F. The Bertz CT molecular complexity index is 595. The number of hydrogen-bond donors (Lipinski definition) is 1. The summed E-state index contributed by atoms with van der Waals surface area (Å²) in [6.07, 6.45) is -4.30. The van der Waals surface area contributed by atoms with Crippen molar-refractivity contribution in [2.45, 2.75) is 19.6 Å². The van der Waals surface area contributed by atoms with Crippen LogP contribution in [-0.2, 0) is 6.54 Å². The van der Waals surface area contributed by atoms with Gasteiger partial charge in [-0.3, -0.25) is 0 Å². The smallest absolute Gasteiger partial charge is 0.338 e. The summed E-state index contributed by atoms with van der Waals surface area (Å²) in [4.78, 5) is 3.90. The van der Waals surface area contributed by atoms with E-state index < -0.39 is 18.5 Å². The standard InChI is InChI=1S/C12H11F4N3O/c1-7-2-3-8(4-9(7)13)11-18-10(20-19-11)5-17-6-12(14,15)16/h2-4,17H,5-6H2,1H3. The molecule has 0 radical (unpaired) electrons. The minimum absolute atomic E-state index is 0.00485. The topological polar surface area (TPSA) is 51.0 Å². The van der Waals surface area contributed by atoms with Gasteiger partial charge in [-0.25, -0.2) is 4.39 Å². The van der Waals surface area contributed by atoms with Crippen LogP contribution >= 0.6 is 0 Å². The minimum Gasteiger partial charge on any atom is -0.338 e. The Morgan fingerprint density at radius 2 is 2.05 bits per heavy atom. The van der Waals surface area contributed by atoms with E-state index in [2.05, 4.69) is 15.5 Å². The van der Waals surface area contributed by atoms with Gasteiger partial charge in [-0.05, 0) is 18.6 Å². The summed E-state index contributed by atoms with van der Waals surface area (Å²) < 4.78 is 54.0. The summed E-state index contributed by atoms with van der Waals surface area (Å²) in [6.45, 7) is 0.257. The summed E-state index contributed by atoms with van der Waals surface area (Å²) in [5, 5.41) is 5.73. The second-order valence-electron chi connectivity index (χ2n) is 4.19. The summed E-state index contributed by atoms with van der Waals surface area (Å²) in [6, 6.07) is 4.41. The Hall–Kier alpha value is -1.96. The van der Waals surface area contributed by atoms with Crippen molar-refractivity contribution in [3.8, 4) is 11.4 Å². The maximum absolute atomic E-state index is 13.4. The summed E-state index contributed by atoms with van der Waals surface area (Å²) in [5.41, 5.74) is 0.878. The van der Waals surface area contributed by atoms with E-state index in [1.807, 2.05) is 0 Å². The average molecular weight is 289 g/mol. The van der Waals surface area contributed by atoms with Crippen molar-refractivity contribution in [1.29, 1.82) is 0 Å². The molecule has 4 nitrogen and oxygen atoms in total. The first-order chi connectivity index (χ1) is 9.35. The van der Waals surface area contributed by atoms with Crippen molar-refractivity contribution < 1.29 is 22.1 Å².